The van der Waals surface area contributed by atoms with Gasteiger partial charge >= 0.3 is 6.09 Å². The molecule has 1 N–H and O–H groups in total. The number of nitriles is 1. The van der Waals surface area contributed by atoms with Gasteiger partial charge in [0, 0.05) is 5.69 Å². The maximum absolute atomic E-state index is 11.9. The van der Waals surface area contributed by atoms with Crippen molar-refractivity contribution in [3.63, 3.8) is 0 Å². The number of hydrogen-bond acceptors (Lipinski definition) is 3. The molecular weight excluding hydrogens is 312 g/mol. The topological polar surface area (TPSA) is 62.1 Å². The molecule has 2 saturated carbocycles. The number of nitrogens with zero attached hydrogens (tertiary/aromatic N) is 1. The van der Waals surface area contributed by atoms with Gasteiger partial charge in [-0.3, -0.25) is 5.32 Å². The summed E-state index contributed by atoms with van der Waals surface area (Å²) in [5, 5.41) is 12.4. The number of anilines is 1. The highest BCUT2D eigenvalue weighted by Gasteiger charge is 2.67. The molecule has 126 valence electrons. The molecule has 0 aliphatic heterocycles. The first kappa shape index (κ1) is 15.7. The maximum Gasteiger partial charge on any atom is 0.411 e. The van der Waals surface area contributed by atoms with Gasteiger partial charge < -0.3 is 4.74 Å². The number of rotatable bonds is 4. The third-order valence-electron chi connectivity index (χ3n) is 5.58. The van der Waals surface area contributed by atoms with Gasteiger partial charge in [0.15, 0.2) is 0 Å². The molecule has 0 aromatic heterocycles. The van der Waals surface area contributed by atoms with Gasteiger partial charge in [0.25, 0.3) is 0 Å². The van der Waals surface area contributed by atoms with Crippen LogP contribution in [0.4, 0.5) is 10.5 Å². The van der Waals surface area contributed by atoms with Crippen LogP contribution < -0.4 is 5.32 Å². The molecule has 4 nitrogen and oxygen atoms in total. The molecule has 1 amide bonds. The average molecular weight is 332 g/mol. The third-order valence-corrected chi connectivity index (χ3v) is 5.58. The minimum Gasteiger partial charge on any atom is -0.444 e. The number of amides is 1. The Hall–Kier alpha value is -2.80. The molecule has 4 rings (SSSR count). The highest BCUT2D eigenvalue weighted by Crippen LogP contribution is 2.67. The number of nitrogens with one attached hydrogen (secondary N) is 1. The van der Waals surface area contributed by atoms with Crippen LogP contribution in [0.15, 0.2) is 54.6 Å². The monoisotopic (exact) mass is 332 g/mol. The fourth-order valence-corrected chi connectivity index (χ4v) is 4.32. The highest BCUT2D eigenvalue weighted by molar-refractivity contribution is 5.84. The van der Waals surface area contributed by atoms with Gasteiger partial charge in [0.1, 0.15) is 6.61 Å². The third kappa shape index (κ3) is 2.76. The first-order valence-electron chi connectivity index (χ1n) is 8.73. The zero-order valence-electron chi connectivity index (χ0n) is 13.9. The fraction of sp³-hybridized carbons (Fsp3) is 0.333. The Morgan fingerprint density at radius 2 is 1.80 bits per heavy atom. The standard InChI is InChI=1S/C21H20N2O2/c22-14-21(18-7-4-8-19(18)21)16-9-11-17(12-10-16)23-20(24)25-13-15-5-2-1-3-6-15/h1-3,5-6,9-12,18-19H,4,7-8,13H2,(H,23,24)/t18-,19+,21?. The Labute approximate surface area is 147 Å². The Morgan fingerprint density at radius 1 is 1.12 bits per heavy atom. The number of benzene rings is 2. The van der Waals surface area contributed by atoms with Crippen LogP contribution in [-0.2, 0) is 16.8 Å². The Balaban J connectivity index is 1.36. The summed E-state index contributed by atoms with van der Waals surface area (Å²) in [6, 6.07) is 19.8. The molecule has 2 aliphatic carbocycles. The number of fused-ring (bicyclic) bond motifs is 1. The Bertz CT molecular complexity index is 798. The Kier molecular flexibility index (Phi) is 3.93. The number of carbonyl (C=O) groups is 1. The fourth-order valence-electron chi connectivity index (χ4n) is 4.32. The van der Waals surface area contributed by atoms with Crippen molar-refractivity contribution in [3.8, 4) is 6.07 Å². The summed E-state index contributed by atoms with van der Waals surface area (Å²) in [4.78, 5) is 11.9. The predicted octanol–water partition coefficient (Wildman–Crippen LogP) is 4.63. The van der Waals surface area contributed by atoms with E-state index in [4.69, 9.17) is 4.74 Å². The summed E-state index contributed by atoms with van der Waals surface area (Å²) in [6.07, 6.45) is 3.08. The molecule has 2 aromatic rings. The van der Waals surface area contributed by atoms with Gasteiger partial charge in [-0.1, -0.05) is 48.9 Å². The van der Waals surface area contributed by atoms with Crippen LogP contribution in [0.1, 0.15) is 30.4 Å². The van der Waals surface area contributed by atoms with Gasteiger partial charge in [-0.15, -0.1) is 0 Å². The van der Waals surface area contributed by atoms with Crippen LogP contribution in [0.5, 0.6) is 0 Å². The van der Waals surface area contributed by atoms with Crippen molar-refractivity contribution in [1.29, 1.82) is 5.26 Å². The lowest BCUT2D eigenvalue weighted by atomic mass is 9.89. The molecule has 2 aromatic carbocycles. The van der Waals surface area contributed by atoms with E-state index in [0.717, 1.165) is 24.0 Å². The summed E-state index contributed by atoms with van der Waals surface area (Å²) < 4.78 is 5.22. The van der Waals surface area contributed by atoms with E-state index in [9.17, 15) is 10.1 Å². The molecule has 2 fully saturated rings. The van der Waals surface area contributed by atoms with Crippen LogP contribution >= 0.6 is 0 Å². The van der Waals surface area contributed by atoms with E-state index in [2.05, 4.69) is 11.4 Å². The minimum absolute atomic E-state index is 0.242. The lowest BCUT2D eigenvalue weighted by Crippen LogP contribution is -2.14. The SMILES string of the molecule is N#CC1(c2ccc(NC(=O)OCc3ccccc3)cc2)[C@@H]2CCC[C@@H]21. The molecular formula is C21H20N2O2. The van der Waals surface area contributed by atoms with Crippen molar-refractivity contribution < 1.29 is 9.53 Å². The second-order valence-corrected chi connectivity index (χ2v) is 6.89. The van der Waals surface area contributed by atoms with Crippen LogP contribution in [0, 0.1) is 23.2 Å². The molecule has 0 bridgehead atoms. The van der Waals surface area contributed by atoms with E-state index >= 15 is 0 Å². The van der Waals surface area contributed by atoms with Crippen molar-refractivity contribution in [2.24, 2.45) is 11.8 Å². The van der Waals surface area contributed by atoms with Gasteiger partial charge in [-0.2, -0.15) is 5.26 Å². The van der Waals surface area contributed by atoms with Crippen molar-refractivity contribution in [3.05, 3.63) is 65.7 Å². The zero-order chi connectivity index (χ0) is 17.3. The highest BCUT2D eigenvalue weighted by atomic mass is 16.5. The van der Waals surface area contributed by atoms with Crippen molar-refractivity contribution in [2.75, 3.05) is 5.32 Å². The summed E-state index contributed by atoms with van der Waals surface area (Å²) >= 11 is 0. The molecule has 0 spiro atoms. The quantitative estimate of drug-likeness (QED) is 0.888. The first-order valence-corrected chi connectivity index (χ1v) is 8.73. The summed E-state index contributed by atoms with van der Waals surface area (Å²) in [7, 11) is 0. The predicted molar refractivity (Wildman–Crippen MR) is 94.8 cm³/mol. The smallest absolute Gasteiger partial charge is 0.411 e. The van der Waals surface area contributed by atoms with Crippen LogP contribution in [0.3, 0.4) is 0 Å². The van der Waals surface area contributed by atoms with E-state index < -0.39 is 6.09 Å². The Morgan fingerprint density at radius 3 is 2.44 bits per heavy atom. The lowest BCUT2D eigenvalue weighted by molar-refractivity contribution is 0.155. The maximum atomic E-state index is 11.9. The zero-order valence-corrected chi connectivity index (χ0v) is 13.9. The molecule has 0 heterocycles. The number of carbonyl (C=O) groups excluding carboxylic acids is 1. The number of ether oxygens (including phenoxy) is 1. The summed E-state index contributed by atoms with van der Waals surface area (Å²) in [5.41, 5.74) is 2.42. The normalized spacial score (nSPS) is 26.4. The summed E-state index contributed by atoms with van der Waals surface area (Å²) in [5.74, 6) is 1.04. The molecule has 0 saturated heterocycles. The first-order chi connectivity index (χ1) is 12.2. The van der Waals surface area contributed by atoms with Gasteiger partial charge in [0.2, 0.25) is 0 Å². The second-order valence-electron chi connectivity index (χ2n) is 6.89. The lowest BCUT2D eigenvalue weighted by Gasteiger charge is -2.14. The molecule has 25 heavy (non-hydrogen) atoms. The van der Waals surface area contributed by atoms with E-state index in [-0.39, 0.29) is 12.0 Å². The van der Waals surface area contributed by atoms with E-state index in [1.807, 2.05) is 54.6 Å². The van der Waals surface area contributed by atoms with Crippen molar-refractivity contribution in [2.45, 2.75) is 31.3 Å². The van der Waals surface area contributed by atoms with E-state index in [1.54, 1.807) is 0 Å². The van der Waals surface area contributed by atoms with Crippen LogP contribution in [0.25, 0.3) is 0 Å². The second kappa shape index (κ2) is 6.25. The molecule has 3 atom stereocenters. The number of hydrogen-bond donors (Lipinski definition) is 1. The molecule has 0 radical (unpaired) electrons. The molecule has 2 aliphatic rings. The minimum atomic E-state index is -0.477. The van der Waals surface area contributed by atoms with Crippen LogP contribution in [-0.4, -0.2) is 6.09 Å². The van der Waals surface area contributed by atoms with E-state index in [1.165, 1.54) is 6.42 Å². The summed E-state index contributed by atoms with van der Waals surface area (Å²) in [6.45, 7) is 0.242. The molecule has 4 heteroatoms. The molecule has 1 unspecified atom stereocenters. The van der Waals surface area contributed by atoms with Crippen molar-refractivity contribution in [1.82, 2.24) is 0 Å². The van der Waals surface area contributed by atoms with Crippen molar-refractivity contribution >= 4 is 11.8 Å². The van der Waals surface area contributed by atoms with Gasteiger partial charge in [-0.25, -0.2) is 4.79 Å². The van der Waals surface area contributed by atoms with E-state index in [0.29, 0.717) is 17.5 Å². The van der Waals surface area contributed by atoms with Gasteiger partial charge in [-0.05, 0) is 47.9 Å². The largest absolute Gasteiger partial charge is 0.444 e. The van der Waals surface area contributed by atoms with Crippen LogP contribution in [0.2, 0.25) is 0 Å². The van der Waals surface area contributed by atoms with Gasteiger partial charge in [0.05, 0.1) is 11.5 Å². The average Bonchev–Trinajstić information content (AvgIpc) is 3.00.